The molecule has 0 radical (unpaired) electrons. The molecule has 0 aliphatic rings. The molecule has 0 bridgehead atoms. The minimum absolute atomic E-state index is 0.109. The number of halogens is 1. The van der Waals surface area contributed by atoms with Crippen LogP contribution in [0.4, 0.5) is 0 Å². The first kappa shape index (κ1) is 11.7. The van der Waals surface area contributed by atoms with Gasteiger partial charge < -0.3 is 4.90 Å². The molecular formula is C9H17ClN2. The van der Waals surface area contributed by atoms with Crippen LogP contribution in [-0.4, -0.2) is 30.9 Å². The Morgan fingerprint density at radius 2 is 2.00 bits per heavy atom. The zero-order valence-electron chi connectivity index (χ0n) is 8.05. The quantitative estimate of drug-likeness (QED) is 0.617. The van der Waals surface area contributed by atoms with E-state index in [9.17, 15) is 0 Å². The number of nitriles is 1. The van der Waals surface area contributed by atoms with Gasteiger partial charge in [-0.15, -0.1) is 11.6 Å². The van der Waals surface area contributed by atoms with E-state index in [2.05, 4.69) is 17.9 Å². The zero-order valence-corrected chi connectivity index (χ0v) is 8.80. The van der Waals surface area contributed by atoms with Crippen molar-refractivity contribution in [3.05, 3.63) is 0 Å². The van der Waals surface area contributed by atoms with Gasteiger partial charge in [-0.05, 0) is 19.9 Å². The topological polar surface area (TPSA) is 27.0 Å². The maximum absolute atomic E-state index is 8.57. The van der Waals surface area contributed by atoms with Gasteiger partial charge in [0, 0.05) is 19.0 Å². The molecule has 70 valence electrons. The smallest absolute Gasteiger partial charge is 0.0666 e. The molecule has 0 aliphatic heterocycles. The maximum Gasteiger partial charge on any atom is 0.0666 e. The summed E-state index contributed by atoms with van der Waals surface area (Å²) in [5.74, 6) is 1.30. The molecule has 2 atom stereocenters. The van der Waals surface area contributed by atoms with Crippen LogP contribution in [0.2, 0.25) is 0 Å². The van der Waals surface area contributed by atoms with Gasteiger partial charge in [-0.1, -0.05) is 6.92 Å². The van der Waals surface area contributed by atoms with Gasteiger partial charge in [-0.25, -0.2) is 0 Å². The summed E-state index contributed by atoms with van der Waals surface area (Å²) in [4.78, 5) is 2.15. The Hall–Kier alpha value is -0.260. The van der Waals surface area contributed by atoms with Crippen molar-refractivity contribution < 1.29 is 0 Å². The Morgan fingerprint density at radius 1 is 1.42 bits per heavy atom. The van der Waals surface area contributed by atoms with E-state index in [4.69, 9.17) is 16.9 Å². The number of nitrogens with zero attached hydrogens (tertiary/aromatic N) is 2. The van der Waals surface area contributed by atoms with Crippen LogP contribution in [0.25, 0.3) is 0 Å². The van der Waals surface area contributed by atoms with Crippen molar-refractivity contribution in [3.63, 3.8) is 0 Å². The summed E-state index contributed by atoms with van der Waals surface area (Å²) in [6, 6.07) is 2.21. The van der Waals surface area contributed by atoms with Crippen LogP contribution in [0.5, 0.6) is 0 Å². The molecule has 12 heavy (non-hydrogen) atoms. The molecule has 0 aromatic heterocycles. The predicted molar refractivity (Wildman–Crippen MR) is 52.2 cm³/mol. The van der Waals surface area contributed by atoms with Gasteiger partial charge in [0.1, 0.15) is 0 Å². The second-order valence-corrected chi connectivity index (χ2v) is 3.82. The first-order valence-electron chi connectivity index (χ1n) is 4.24. The van der Waals surface area contributed by atoms with Crippen LogP contribution in [0, 0.1) is 23.2 Å². The van der Waals surface area contributed by atoms with Gasteiger partial charge in [0.15, 0.2) is 0 Å². The summed E-state index contributed by atoms with van der Waals surface area (Å²) in [5.41, 5.74) is 0. The first-order valence-corrected chi connectivity index (χ1v) is 4.77. The Bertz CT molecular complexity index is 153. The number of hydrogen-bond donors (Lipinski definition) is 0. The van der Waals surface area contributed by atoms with Crippen LogP contribution in [0.1, 0.15) is 13.8 Å². The first-order chi connectivity index (χ1) is 5.60. The van der Waals surface area contributed by atoms with Crippen molar-refractivity contribution in [3.8, 4) is 6.07 Å². The van der Waals surface area contributed by atoms with E-state index >= 15 is 0 Å². The summed E-state index contributed by atoms with van der Waals surface area (Å²) in [6.07, 6.45) is 0. The number of hydrogen-bond acceptors (Lipinski definition) is 2. The van der Waals surface area contributed by atoms with Crippen molar-refractivity contribution >= 4 is 11.6 Å². The molecule has 2 unspecified atom stereocenters. The molecule has 0 rings (SSSR count). The highest BCUT2D eigenvalue weighted by atomic mass is 35.5. The summed E-state index contributed by atoms with van der Waals surface area (Å²) in [7, 11) is 2.02. The molecule has 0 aromatic rings. The lowest BCUT2D eigenvalue weighted by Crippen LogP contribution is -2.29. The van der Waals surface area contributed by atoms with E-state index in [1.165, 1.54) is 0 Å². The minimum Gasteiger partial charge on any atom is -0.305 e. The van der Waals surface area contributed by atoms with Crippen molar-refractivity contribution in [2.75, 3.05) is 26.0 Å². The van der Waals surface area contributed by atoms with E-state index < -0.39 is 0 Å². The van der Waals surface area contributed by atoms with E-state index in [1.807, 2.05) is 14.0 Å². The summed E-state index contributed by atoms with van der Waals surface area (Å²) >= 11 is 5.67. The van der Waals surface area contributed by atoms with E-state index in [-0.39, 0.29) is 5.92 Å². The summed E-state index contributed by atoms with van der Waals surface area (Å²) in [5, 5.41) is 8.57. The van der Waals surface area contributed by atoms with E-state index in [0.29, 0.717) is 11.8 Å². The standard InChI is InChI=1S/C9H17ClN2/c1-8(4-10)6-12(3)7-9(2)5-11/h8-9H,4,6-7H2,1-3H3. The SMILES string of the molecule is CC(C#N)CN(C)CC(C)CCl. The largest absolute Gasteiger partial charge is 0.305 e. The van der Waals surface area contributed by atoms with Crippen molar-refractivity contribution in [2.45, 2.75) is 13.8 Å². The molecule has 0 aliphatic carbocycles. The molecule has 0 N–H and O–H groups in total. The van der Waals surface area contributed by atoms with Gasteiger partial charge in [0.25, 0.3) is 0 Å². The highest BCUT2D eigenvalue weighted by molar-refractivity contribution is 6.18. The van der Waals surface area contributed by atoms with Gasteiger partial charge in [0.2, 0.25) is 0 Å². The molecule has 0 aromatic carbocycles. The zero-order chi connectivity index (χ0) is 9.56. The lowest BCUT2D eigenvalue weighted by atomic mass is 10.1. The van der Waals surface area contributed by atoms with Crippen LogP contribution in [-0.2, 0) is 0 Å². The monoisotopic (exact) mass is 188 g/mol. The molecule has 0 saturated carbocycles. The Balaban J connectivity index is 3.60. The highest BCUT2D eigenvalue weighted by Gasteiger charge is 2.08. The Labute approximate surface area is 80.1 Å². The second kappa shape index (κ2) is 6.28. The van der Waals surface area contributed by atoms with Crippen LogP contribution in [0.3, 0.4) is 0 Å². The molecule has 3 heteroatoms. The normalized spacial score (nSPS) is 15.7. The third-order valence-electron chi connectivity index (χ3n) is 1.69. The van der Waals surface area contributed by atoms with Crippen LogP contribution >= 0.6 is 11.6 Å². The van der Waals surface area contributed by atoms with Crippen LogP contribution < -0.4 is 0 Å². The Kier molecular flexibility index (Phi) is 6.14. The van der Waals surface area contributed by atoms with Gasteiger partial charge in [0.05, 0.1) is 12.0 Å². The maximum atomic E-state index is 8.57. The molecule has 0 amide bonds. The molecule has 0 heterocycles. The van der Waals surface area contributed by atoms with Crippen molar-refractivity contribution in [1.29, 1.82) is 5.26 Å². The molecular weight excluding hydrogens is 172 g/mol. The fourth-order valence-corrected chi connectivity index (χ4v) is 1.26. The second-order valence-electron chi connectivity index (χ2n) is 3.51. The molecule has 0 saturated heterocycles. The lowest BCUT2D eigenvalue weighted by molar-refractivity contribution is 0.278. The molecule has 0 fully saturated rings. The third kappa shape index (κ3) is 5.40. The van der Waals surface area contributed by atoms with E-state index in [1.54, 1.807) is 0 Å². The number of alkyl halides is 1. The molecule has 2 nitrogen and oxygen atoms in total. The lowest BCUT2D eigenvalue weighted by Gasteiger charge is -2.20. The number of rotatable bonds is 5. The van der Waals surface area contributed by atoms with Crippen molar-refractivity contribution in [2.24, 2.45) is 11.8 Å². The summed E-state index contributed by atoms with van der Waals surface area (Å²) < 4.78 is 0. The fourth-order valence-electron chi connectivity index (χ4n) is 1.16. The van der Waals surface area contributed by atoms with E-state index in [0.717, 1.165) is 13.1 Å². The summed E-state index contributed by atoms with van der Waals surface area (Å²) in [6.45, 7) is 5.84. The van der Waals surface area contributed by atoms with Gasteiger partial charge in [-0.2, -0.15) is 5.26 Å². The average molecular weight is 189 g/mol. The van der Waals surface area contributed by atoms with Gasteiger partial charge >= 0.3 is 0 Å². The fraction of sp³-hybridized carbons (Fsp3) is 0.889. The Morgan fingerprint density at radius 3 is 2.42 bits per heavy atom. The average Bonchev–Trinajstić information content (AvgIpc) is 2.03. The minimum atomic E-state index is 0.109. The highest BCUT2D eigenvalue weighted by Crippen LogP contribution is 2.02. The predicted octanol–water partition coefficient (Wildman–Crippen LogP) is 1.95. The third-order valence-corrected chi connectivity index (χ3v) is 2.22. The van der Waals surface area contributed by atoms with Crippen LogP contribution in [0.15, 0.2) is 0 Å². The van der Waals surface area contributed by atoms with Gasteiger partial charge in [-0.3, -0.25) is 0 Å². The van der Waals surface area contributed by atoms with Crippen molar-refractivity contribution in [1.82, 2.24) is 4.90 Å². The molecule has 0 spiro atoms.